The number of hydrogen-bond donors (Lipinski definition) is 0. The molecule has 2 fully saturated rings. The van der Waals surface area contributed by atoms with Gasteiger partial charge in [-0.25, -0.2) is 4.79 Å². The fourth-order valence-corrected chi connectivity index (χ4v) is 2.94. The van der Waals surface area contributed by atoms with Crippen LogP contribution in [0.5, 0.6) is 5.75 Å². The normalized spacial score (nSPS) is 21.0. The maximum atomic E-state index is 11.9. The standard InChI is InChI=1S/C16H20BClN2O3/c1-22-15(21)16(4-5-16)23-14-10-13(18)3-2-12(14)11-19-6-8-20(17)9-7-19/h2-3,10H,4-9,11H2,1H3. The second-order valence-electron chi connectivity index (χ2n) is 6.15. The quantitative estimate of drug-likeness (QED) is 0.605. The molecule has 1 aliphatic carbocycles. The number of halogens is 1. The second kappa shape index (κ2) is 6.71. The SMILES string of the molecule is [B]N1CCN(Cc2ccc(Cl)cc2OC2(C(=O)OC)CC2)CC1. The zero-order chi connectivity index (χ0) is 16.4. The van der Waals surface area contributed by atoms with E-state index in [-0.39, 0.29) is 5.97 Å². The van der Waals surface area contributed by atoms with Gasteiger partial charge >= 0.3 is 5.97 Å². The van der Waals surface area contributed by atoms with E-state index in [1.165, 1.54) is 7.11 Å². The number of methoxy groups -OCH3 is 1. The van der Waals surface area contributed by atoms with Gasteiger partial charge in [0.05, 0.1) is 7.11 Å². The fourth-order valence-electron chi connectivity index (χ4n) is 2.77. The Bertz CT molecular complexity index is 587. The fraction of sp³-hybridized carbons (Fsp3) is 0.562. The molecule has 0 spiro atoms. The van der Waals surface area contributed by atoms with Crippen molar-refractivity contribution in [1.29, 1.82) is 0 Å². The third-order valence-corrected chi connectivity index (χ3v) is 4.63. The number of piperazine rings is 1. The summed E-state index contributed by atoms with van der Waals surface area (Å²) in [5.41, 5.74) is 0.194. The summed E-state index contributed by atoms with van der Waals surface area (Å²) in [5, 5.41) is 0.594. The molecule has 3 rings (SSSR count). The summed E-state index contributed by atoms with van der Waals surface area (Å²) in [6.07, 6.45) is 1.36. The van der Waals surface area contributed by atoms with Crippen LogP contribution in [0.3, 0.4) is 0 Å². The Morgan fingerprint density at radius 3 is 2.61 bits per heavy atom. The van der Waals surface area contributed by atoms with Crippen LogP contribution in [0.25, 0.3) is 0 Å². The van der Waals surface area contributed by atoms with Crippen molar-refractivity contribution in [3.63, 3.8) is 0 Å². The summed E-state index contributed by atoms with van der Waals surface area (Å²) < 4.78 is 10.9. The van der Waals surface area contributed by atoms with Crippen molar-refractivity contribution in [2.45, 2.75) is 25.0 Å². The van der Waals surface area contributed by atoms with Crippen LogP contribution in [0.2, 0.25) is 5.02 Å². The number of ether oxygens (including phenoxy) is 2. The molecule has 1 aromatic carbocycles. The number of benzene rings is 1. The molecular formula is C16H20BClN2O3. The van der Waals surface area contributed by atoms with Gasteiger partial charge in [0.25, 0.3) is 0 Å². The van der Waals surface area contributed by atoms with Gasteiger partial charge in [0, 0.05) is 43.1 Å². The predicted octanol–water partition coefficient (Wildman–Crippen LogP) is 1.63. The summed E-state index contributed by atoms with van der Waals surface area (Å²) in [4.78, 5) is 16.1. The van der Waals surface area contributed by atoms with Gasteiger partial charge in [-0.05, 0) is 25.2 Å². The lowest BCUT2D eigenvalue weighted by Gasteiger charge is -2.33. The smallest absolute Gasteiger partial charge is 0.350 e. The van der Waals surface area contributed by atoms with Crippen molar-refractivity contribution in [3.05, 3.63) is 28.8 Å². The topological polar surface area (TPSA) is 42.0 Å². The zero-order valence-electron chi connectivity index (χ0n) is 13.3. The van der Waals surface area contributed by atoms with E-state index >= 15 is 0 Å². The zero-order valence-corrected chi connectivity index (χ0v) is 14.0. The Balaban J connectivity index is 1.74. The highest BCUT2D eigenvalue weighted by molar-refractivity contribution is 6.30. The first kappa shape index (κ1) is 16.6. The molecular weight excluding hydrogens is 314 g/mol. The van der Waals surface area contributed by atoms with Crippen LogP contribution in [-0.4, -0.2) is 62.6 Å². The number of carbonyl (C=O) groups is 1. The van der Waals surface area contributed by atoms with Crippen molar-refractivity contribution in [1.82, 2.24) is 9.71 Å². The van der Waals surface area contributed by atoms with E-state index in [1.807, 2.05) is 16.9 Å². The summed E-state index contributed by atoms with van der Waals surface area (Å²) in [6, 6.07) is 5.58. The number of rotatable bonds is 5. The van der Waals surface area contributed by atoms with Crippen molar-refractivity contribution >= 4 is 25.6 Å². The Morgan fingerprint density at radius 1 is 1.30 bits per heavy atom. The molecule has 0 amide bonds. The molecule has 1 heterocycles. The van der Waals surface area contributed by atoms with E-state index in [0.29, 0.717) is 23.6 Å². The van der Waals surface area contributed by atoms with Gasteiger partial charge in [-0.2, -0.15) is 0 Å². The largest absolute Gasteiger partial charge is 0.475 e. The second-order valence-corrected chi connectivity index (χ2v) is 6.59. The Labute approximate surface area is 142 Å². The maximum absolute atomic E-state index is 11.9. The first-order valence-electron chi connectivity index (χ1n) is 7.80. The molecule has 2 aliphatic rings. The first-order valence-corrected chi connectivity index (χ1v) is 8.18. The molecule has 1 aromatic rings. The number of nitrogens with zero attached hydrogens (tertiary/aromatic N) is 2. The molecule has 0 atom stereocenters. The Morgan fingerprint density at radius 2 is 2.00 bits per heavy atom. The van der Waals surface area contributed by atoms with Gasteiger partial charge in [0.15, 0.2) is 7.98 Å². The molecule has 122 valence electrons. The van der Waals surface area contributed by atoms with Gasteiger partial charge in [-0.1, -0.05) is 17.7 Å². The third-order valence-electron chi connectivity index (χ3n) is 4.40. The lowest BCUT2D eigenvalue weighted by atomic mass is 10.1. The third kappa shape index (κ3) is 3.82. The van der Waals surface area contributed by atoms with Gasteiger partial charge in [-0.3, -0.25) is 4.90 Å². The van der Waals surface area contributed by atoms with Crippen LogP contribution in [0.15, 0.2) is 18.2 Å². The molecule has 7 heteroatoms. The number of esters is 1. The molecule has 1 saturated carbocycles. The maximum Gasteiger partial charge on any atom is 0.350 e. The van der Waals surface area contributed by atoms with E-state index in [0.717, 1.165) is 38.3 Å². The minimum atomic E-state index is -0.829. The summed E-state index contributed by atoms with van der Waals surface area (Å²) >= 11 is 6.11. The number of hydrogen-bond acceptors (Lipinski definition) is 5. The van der Waals surface area contributed by atoms with Crippen molar-refractivity contribution in [2.75, 3.05) is 33.3 Å². The molecule has 0 N–H and O–H groups in total. The van der Waals surface area contributed by atoms with E-state index in [1.54, 1.807) is 6.07 Å². The highest BCUT2D eigenvalue weighted by atomic mass is 35.5. The summed E-state index contributed by atoms with van der Waals surface area (Å²) in [5.74, 6) is 0.343. The van der Waals surface area contributed by atoms with E-state index in [9.17, 15) is 4.79 Å². The van der Waals surface area contributed by atoms with Gasteiger partial charge in [0.2, 0.25) is 5.60 Å². The molecule has 23 heavy (non-hydrogen) atoms. The molecule has 1 aliphatic heterocycles. The highest BCUT2D eigenvalue weighted by Crippen LogP contribution is 2.42. The van der Waals surface area contributed by atoms with Crippen LogP contribution in [0.4, 0.5) is 0 Å². The molecule has 2 radical (unpaired) electrons. The number of carbonyl (C=O) groups excluding carboxylic acids is 1. The Hall–Kier alpha value is -1.24. The monoisotopic (exact) mass is 334 g/mol. The van der Waals surface area contributed by atoms with Gasteiger partial charge in [-0.15, -0.1) is 0 Å². The minimum Gasteiger partial charge on any atom is -0.475 e. The van der Waals surface area contributed by atoms with Crippen molar-refractivity contribution < 1.29 is 14.3 Å². The first-order chi connectivity index (χ1) is 11.0. The van der Waals surface area contributed by atoms with Crippen LogP contribution in [0.1, 0.15) is 18.4 Å². The molecule has 5 nitrogen and oxygen atoms in total. The molecule has 0 bridgehead atoms. The van der Waals surface area contributed by atoms with Crippen LogP contribution in [-0.2, 0) is 16.1 Å². The lowest BCUT2D eigenvalue weighted by Crippen LogP contribution is -2.44. The van der Waals surface area contributed by atoms with E-state index in [4.69, 9.17) is 29.1 Å². The average Bonchev–Trinajstić information content (AvgIpc) is 3.32. The predicted molar refractivity (Wildman–Crippen MR) is 88.7 cm³/mol. The summed E-state index contributed by atoms with van der Waals surface area (Å²) in [7, 11) is 7.18. The van der Waals surface area contributed by atoms with E-state index in [2.05, 4.69) is 4.90 Å². The van der Waals surface area contributed by atoms with E-state index < -0.39 is 5.60 Å². The minimum absolute atomic E-state index is 0.319. The Kier molecular flexibility index (Phi) is 4.85. The molecule has 1 saturated heterocycles. The highest BCUT2D eigenvalue weighted by Gasteiger charge is 2.54. The average molecular weight is 335 g/mol. The van der Waals surface area contributed by atoms with Crippen LogP contribution < -0.4 is 4.74 Å². The van der Waals surface area contributed by atoms with Gasteiger partial charge in [0.1, 0.15) is 5.75 Å². The summed E-state index contributed by atoms with van der Waals surface area (Å²) in [6.45, 7) is 4.24. The molecule has 0 unspecified atom stereocenters. The van der Waals surface area contributed by atoms with Crippen LogP contribution in [0, 0.1) is 0 Å². The van der Waals surface area contributed by atoms with Crippen LogP contribution >= 0.6 is 11.6 Å². The lowest BCUT2D eigenvalue weighted by molar-refractivity contribution is -0.151. The van der Waals surface area contributed by atoms with Crippen molar-refractivity contribution in [3.8, 4) is 5.75 Å². The molecule has 0 aromatic heterocycles. The van der Waals surface area contributed by atoms with Gasteiger partial charge < -0.3 is 14.3 Å². The van der Waals surface area contributed by atoms with Crippen molar-refractivity contribution in [2.24, 2.45) is 0 Å².